The van der Waals surface area contributed by atoms with E-state index >= 15 is 0 Å². The molecule has 0 spiro atoms. The molecular weight excluding hydrogens is 268 g/mol. The van der Waals surface area contributed by atoms with E-state index in [1.165, 1.54) is 0 Å². The highest BCUT2D eigenvalue weighted by Crippen LogP contribution is 2.35. The van der Waals surface area contributed by atoms with Crippen LogP contribution in [0.15, 0.2) is 18.2 Å². The van der Waals surface area contributed by atoms with Crippen LogP contribution in [0.2, 0.25) is 10.0 Å². The fourth-order valence-corrected chi connectivity index (χ4v) is 1.80. The van der Waals surface area contributed by atoms with Crippen LogP contribution >= 0.6 is 35.6 Å². The Balaban J connectivity index is 0.00000225. The summed E-state index contributed by atoms with van der Waals surface area (Å²) >= 11 is 11.8. The second kappa shape index (κ2) is 6.08. The maximum Gasteiger partial charge on any atom is 0.0500 e. The molecule has 0 fully saturated rings. The number of nitrogens with two attached hydrogens (primary N) is 1. The van der Waals surface area contributed by atoms with E-state index in [9.17, 15) is 5.11 Å². The van der Waals surface area contributed by atoms with Gasteiger partial charge in [0.15, 0.2) is 0 Å². The molecule has 0 heterocycles. The van der Waals surface area contributed by atoms with Crippen molar-refractivity contribution in [1.82, 2.24) is 0 Å². The van der Waals surface area contributed by atoms with Crippen molar-refractivity contribution in [2.75, 3.05) is 6.61 Å². The van der Waals surface area contributed by atoms with Crippen molar-refractivity contribution in [1.29, 1.82) is 0 Å². The zero-order chi connectivity index (χ0) is 11.6. The topological polar surface area (TPSA) is 46.2 Å². The molecule has 1 rings (SSSR count). The monoisotopic (exact) mass is 283 g/mol. The van der Waals surface area contributed by atoms with E-state index in [2.05, 4.69) is 0 Å². The molecule has 0 unspecified atom stereocenters. The lowest BCUT2D eigenvalue weighted by Crippen LogP contribution is -2.32. The van der Waals surface area contributed by atoms with Crippen LogP contribution in [0.1, 0.15) is 25.5 Å². The molecular formula is C11H16Cl3NO. The van der Waals surface area contributed by atoms with Crippen LogP contribution in [0.25, 0.3) is 0 Å². The number of hydrogen-bond donors (Lipinski definition) is 2. The predicted octanol–water partition coefficient (Wildman–Crippen LogP) is 3.43. The molecule has 3 N–H and O–H groups in total. The maximum atomic E-state index is 9.22. The van der Waals surface area contributed by atoms with E-state index in [4.69, 9.17) is 28.9 Å². The van der Waals surface area contributed by atoms with Gasteiger partial charge in [0.1, 0.15) is 0 Å². The second-order valence-electron chi connectivity index (χ2n) is 4.29. The number of rotatable bonds is 3. The lowest BCUT2D eigenvalue weighted by Gasteiger charge is -2.30. The quantitative estimate of drug-likeness (QED) is 0.893. The molecule has 0 radical (unpaired) electrons. The number of hydrogen-bond acceptors (Lipinski definition) is 2. The van der Waals surface area contributed by atoms with Crippen LogP contribution in [0, 0.1) is 5.41 Å². The highest BCUT2D eigenvalue weighted by Gasteiger charge is 2.28. The van der Waals surface area contributed by atoms with Gasteiger partial charge < -0.3 is 10.8 Å². The van der Waals surface area contributed by atoms with Crippen molar-refractivity contribution in [2.24, 2.45) is 11.1 Å². The number of aliphatic hydroxyl groups is 1. The Morgan fingerprint density at radius 2 is 1.94 bits per heavy atom. The zero-order valence-electron chi connectivity index (χ0n) is 9.21. The minimum Gasteiger partial charge on any atom is -0.396 e. The first kappa shape index (κ1) is 16.0. The van der Waals surface area contributed by atoms with Crippen molar-refractivity contribution in [3.05, 3.63) is 33.8 Å². The van der Waals surface area contributed by atoms with Gasteiger partial charge in [-0.3, -0.25) is 0 Å². The average molecular weight is 285 g/mol. The van der Waals surface area contributed by atoms with Gasteiger partial charge in [-0.1, -0.05) is 43.1 Å². The van der Waals surface area contributed by atoms with Crippen LogP contribution in [0.3, 0.4) is 0 Å². The van der Waals surface area contributed by atoms with E-state index in [-0.39, 0.29) is 25.1 Å². The lowest BCUT2D eigenvalue weighted by atomic mass is 9.82. The first-order chi connectivity index (χ1) is 6.88. The van der Waals surface area contributed by atoms with Crippen molar-refractivity contribution in [3.63, 3.8) is 0 Å². The van der Waals surface area contributed by atoms with Gasteiger partial charge in [0, 0.05) is 28.1 Å². The van der Waals surface area contributed by atoms with Gasteiger partial charge in [-0.2, -0.15) is 0 Å². The largest absolute Gasteiger partial charge is 0.396 e. The molecule has 0 saturated carbocycles. The van der Waals surface area contributed by atoms with E-state index in [0.29, 0.717) is 10.0 Å². The third kappa shape index (κ3) is 3.51. The van der Waals surface area contributed by atoms with Crippen LogP contribution in [-0.4, -0.2) is 11.7 Å². The summed E-state index contributed by atoms with van der Waals surface area (Å²) in [5.41, 5.74) is 6.45. The molecule has 0 aliphatic rings. The number of aliphatic hydroxyl groups excluding tert-OH is 1. The molecule has 0 aliphatic carbocycles. The van der Waals surface area contributed by atoms with Gasteiger partial charge in [-0.15, -0.1) is 12.4 Å². The molecule has 0 bridgehead atoms. The molecule has 1 aromatic rings. The SMILES string of the molecule is CC(C)(CO)[C@H](N)c1ccc(Cl)cc1Cl.Cl. The van der Waals surface area contributed by atoms with Crippen molar-refractivity contribution in [3.8, 4) is 0 Å². The average Bonchev–Trinajstić information content (AvgIpc) is 2.17. The molecule has 2 nitrogen and oxygen atoms in total. The number of halogens is 3. The summed E-state index contributed by atoms with van der Waals surface area (Å²) in [6, 6.07) is 4.89. The maximum absolute atomic E-state index is 9.22. The van der Waals surface area contributed by atoms with Crippen molar-refractivity contribution < 1.29 is 5.11 Å². The minimum atomic E-state index is -0.405. The van der Waals surface area contributed by atoms with Gasteiger partial charge in [-0.25, -0.2) is 0 Å². The Kier molecular flexibility index (Phi) is 6.09. The molecule has 0 aliphatic heterocycles. The van der Waals surface area contributed by atoms with Gasteiger partial charge in [0.2, 0.25) is 0 Å². The summed E-state index contributed by atoms with van der Waals surface area (Å²) in [5.74, 6) is 0. The molecule has 1 aromatic carbocycles. The van der Waals surface area contributed by atoms with Gasteiger partial charge >= 0.3 is 0 Å². The van der Waals surface area contributed by atoms with Crippen LogP contribution in [0.5, 0.6) is 0 Å². The Morgan fingerprint density at radius 1 is 1.38 bits per heavy atom. The Hall–Kier alpha value is 0.01000. The first-order valence-corrected chi connectivity index (χ1v) is 5.45. The third-order valence-corrected chi connectivity index (χ3v) is 3.11. The lowest BCUT2D eigenvalue weighted by molar-refractivity contribution is 0.132. The van der Waals surface area contributed by atoms with Crippen LogP contribution in [-0.2, 0) is 0 Å². The smallest absolute Gasteiger partial charge is 0.0500 e. The fourth-order valence-electron chi connectivity index (χ4n) is 1.27. The minimum absolute atomic E-state index is 0. The zero-order valence-corrected chi connectivity index (χ0v) is 11.5. The van der Waals surface area contributed by atoms with Gasteiger partial charge in [-0.05, 0) is 17.7 Å². The van der Waals surface area contributed by atoms with E-state index in [1.54, 1.807) is 18.2 Å². The van der Waals surface area contributed by atoms with Gasteiger partial charge in [0.05, 0.1) is 0 Å². The number of benzene rings is 1. The third-order valence-electron chi connectivity index (χ3n) is 2.55. The summed E-state index contributed by atoms with van der Waals surface area (Å²) in [5, 5.41) is 10.3. The first-order valence-electron chi connectivity index (χ1n) is 4.70. The summed E-state index contributed by atoms with van der Waals surface area (Å²) < 4.78 is 0. The standard InChI is InChI=1S/C11H15Cl2NO.ClH/c1-11(2,6-15)10(14)8-4-3-7(12)5-9(8)13;/h3-5,10,15H,6,14H2,1-2H3;1H/t10-;/m1./s1. The summed E-state index contributed by atoms with van der Waals surface area (Å²) in [4.78, 5) is 0. The highest BCUT2D eigenvalue weighted by atomic mass is 35.5. The summed E-state index contributed by atoms with van der Waals surface area (Å²) in [6.07, 6.45) is 0. The van der Waals surface area contributed by atoms with E-state index < -0.39 is 5.41 Å². The Bertz CT molecular complexity index is 355. The van der Waals surface area contributed by atoms with Crippen molar-refractivity contribution in [2.45, 2.75) is 19.9 Å². The Labute approximate surface area is 112 Å². The van der Waals surface area contributed by atoms with E-state index in [1.807, 2.05) is 13.8 Å². The normalized spacial score (nSPS) is 13.1. The molecule has 1 atom stereocenters. The second-order valence-corrected chi connectivity index (χ2v) is 5.13. The summed E-state index contributed by atoms with van der Waals surface area (Å²) in [6.45, 7) is 3.79. The highest BCUT2D eigenvalue weighted by molar-refractivity contribution is 6.35. The van der Waals surface area contributed by atoms with Gasteiger partial charge in [0.25, 0.3) is 0 Å². The summed E-state index contributed by atoms with van der Waals surface area (Å²) in [7, 11) is 0. The molecule has 0 saturated heterocycles. The molecule has 0 aromatic heterocycles. The molecule has 92 valence electrons. The Morgan fingerprint density at radius 3 is 2.38 bits per heavy atom. The van der Waals surface area contributed by atoms with E-state index in [0.717, 1.165) is 5.56 Å². The fraction of sp³-hybridized carbons (Fsp3) is 0.455. The molecule has 16 heavy (non-hydrogen) atoms. The molecule has 0 amide bonds. The molecule has 5 heteroatoms. The van der Waals surface area contributed by atoms with Crippen LogP contribution in [0.4, 0.5) is 0 Å². The predicted molar refractivity (Wildman–Crippen MR) is 71.5 cm³/mol. The van der Waals surface area contributed by atoms with Crippen LogP contribution < -0.4 is 5.73 Å². The van der Waals surface area contributed by atoms with Crippen molar-refractivity contribution >= 4 is 35.6 Å².